The Labute approximate surface area is 125 Å². The smallest absolute Gasteiger partial charge is 0.0398 e. The molecule has 4 heteroatoms. The van der Waals surface area contributed by atoms with Crippen molar-refractivity contribution in [1.29, 1.82) is 0 Å². The van der Waals surface area contributed by atoms with Crippen molar-refractivity contribution in [2.24, 2.45) is 0 Å². The molecule has 106 valence electrons. The van der Waals surface area contributed by atoms with Gasteiger partial charge in [0.25, 0.3) is 0 Å². The van der Waals surface area contributed by atoms with Gasteiger partial charge in [0.05, 0.1) is 0 Å². The lowest BCUT2D eigenvalue weighted by Crippen LogP contribution is -2.64. The van der Waals surface area contributed by atoms with Crippen molar-refractivity contribution in [3.63, 3.8) is 0 Å². The minimum absolute atomic E-state index is 0.187. The van der Waals surface area contributed by atoms with E-state index in [1.54, 1.807) is 0 Å². The predicted octanol–water partition coefficient (Wildman–Crippen LogP) is 2.57. The van der Waals surface area contributed by atoms with Crippen LogP contribution >= 0.6 is 15.9 Å². The van der Waals surface area contributed by atoms with Crippen LogP contribution in [0.5, 0.6) is 0 Å². The van der Waals surface area contributed by atoms with E-state index in [-0.39, 0.29) is 5.54 Å². The minimum atomic E-state index is 0.187. The molecule has 1 aliphatic heterocycles. The largest absolute Gasteiger partial charge is 0.368 e. The van der Waals surface area contributed by atoms with Crippen LogP contribution in [-0.2, 0) is 0 Å². The summed E-state index contributed by atoms with van der Waals surface area (Å²) in [4.78, 5) is 4.99. The van der Waals surface area contributed by atoms with Gasteiger partial charge in [0.1, 0.15) is 0 Å². The first-order chi connectivity index (χ1) is 8.94. The standard InChI is InChI=1S/C15H24BrN3/c1-15(2)11-19(10-14(9-17-3)18(15)4)13-7-5-12(16)6-8-13/h5-8,14,17H,9-11H2,1-4H3. The monoisotopic (exact) mass is 325 g/mol. The van der Waals surface area contributed by atoms with Crippen molar-refractivity contribution in [1.82, 2.24) is 10.2 Å². The van der Waals surface area contributed by atoms with Gasteiger partial charge in [0, 0.05) is 41.4 Å². The molecule has 0 bridgehead atoms. The summed E-state index contributed by atoms with van der Waals surface area (Å²) in [5.74, 6) is 0. The molecule has 19 heavy (non-hydrogen) atoms. The Morgan fingerprint density at radius 3 is 2.53 bits per heavy atom. The highest BCUT2D eigenvalue weighted by Crippen LogP contribution is 2.28. The second kappa shape index (κ2) is 5.81. The zero-order valence-corrected chi connectivity index (χ0v) is 13.9. The van der Waals surface area contributed by atoms with Gasteiger partial charge >= 0.3 is 0 Å². The molecule has 0 radical (unpaired) electrons. The number of nitrogens with one attached hydrogen (secondary N) is 1. The second-order valence-electron chi connectivity index (χ2n) is 5.99. The minimum Gasteiger partial charge on any atom is -0.368 e. The summed E-state index contributed by atoms with van der Waals surface area (Å²) in [5, 5.41) is 3.31. The van der Waals surface area contributed by atoms with Crippen molar-refractivity contribution in [2.75, 3.05) is 38.6 Å². The van der Waals surface area contributed by atoms with Gasteiger partial charge in [-0.1, -0.05) is 15.9 Å². The van der Waals surface area contributed by atoms with Gasteiger partial charge in [0.15, 0.2) is 0 Å². The van der Waals surface area contributed by atoms with Crippen LogP contribution in [0.4, 0.5) is 5.69 Å². The maximum Gasteiger partial charge on any atom is 0.0398 e. The van der Waals surface area contributed by atoms with E-state index in [2.05, 4.69) is 76.2 Å². The summed E-state index contributed by atoms with van der Waals surface area (Å²) in [6.45, 7) is 7.79. The number of hydrogen-bond acceptors (Lipinski definition) is 3. The number of rotatable bonds is 3. The number of anilines is 1. The van der Waals surface area contributed by atoms with E-state index < -0.39 is 0 Å². The fourth-order valence-electron chi connectivity index (χ4n) is 2.80. The van der Waals surface area contributed by atoms with Crippen molar-refractivity contribution in [2.45, 2.75) is 25.4 Å². The highest BCUT2D eigenvalue weighted by Gasteiger charge is 2.37. The van der Waals surface area contributed by atoms with Crippen LogP contribution in [0.25, 0.3) is 0 Å². The third kappa shape index (κ3) is 3.30. The number of nitrogens with zero attached hydrogens (tertiary/aromatic N) is 2. The Hall–Kier alpha value is -0.580. The van der Waals surface area contributed by atoms with Crippen LogP contribution in [0.3, 0.4) is 0 Å². The molecule has 1 atom stereocenters. The van der Waals surface area contributed by atoms with Crippen molar-refractivity contribution in [3.05, 3.63) is 28.7 Å². The summed E-state index contributed by atoms with van der Waals surface area (Å²) in [5.41, 5.74) is 1.50. The van der Waals surface area contributed by atoms with Crippen LogP contribution in [0.1, 0.15) is 13.8 Å². The zero-order valence-electron chi connectivity index (χ0n) is 12.3. The molecule has 0 spiro atoms. The van der Waals surface area contributed by atoms with Crippen LogP contribution in [-0.4, -0.2) is 50.2 Å². The summed E-state index contributed by atoms with van der Waals surface area (Å²) in [7, 11) is 4.26. The van der Waals surface area contributed by atoms with Crippen LogP contribution in [0.15, 0.2) is 28.7 Å². The van der Waals surface area contributed by atoms with Gasteiger partial charge in [-0.05, 0) is 52.2 Å². The average molecular weight is 326 g/mol. The fraction of sp³-hybridized carbons (Fsp3) is 0.600. The Morgan fingerprint density at radius 2 is 1.95 bits per heavy atom. The van der Waals surface area contributed by atoms with E-state index in [9.17, 15) is 0 Å². The van der Waals surface area contributed by atoms with Crippen molar-refractivity contribution < 1.29 is 0 Å². The molecule has 1 unspecified atom stereocenters. The van der Waals surface area contributed by atoms with Gasteiger partial charge < -0.3 is 10.2 Å². The average Bonchev–Trinajstić information content (AvgIpc) is 2.36. The molecule has 0 saturated carbocycles. The topological polar surface area (TPSA) is 18.5 Å². The molecule has 1 saturated heterocycles. The molecule has 1 aromatic carbocycles. The molecule has 1 aliphatic rings. The third-order valence-electron chi connectivity index (χ3n) is 4.14. The fourth-order valence-corrected chi connectivity index (χ4v) is 3.06. The molecule has 3 nitrogen and oxygen atoms in total. The van der Waals surface area contributed by atoms with E-state index in [1.807, 2.05) is 7.05 Å². The summed E-state index contributed by atoms with van der Waals surface area (Å²) in [6, 6.07) is 9.17. The number of halogens is 1. The molecule has 1 fully saturated rings. The Bertz CT molecular complexity index is 416. The van der Waals surface area contributed by atoms with E-state index in [0.717, 1.165) is 24.1 Å². The summed E-state index contributed by atoms with van der Waals surface area (Å²) >= 11 is 3.50. The van der Waals surface area contributed by atoms with E-state index in [1.165, 1.54) is 5.69 Å². The normalized spacial score (nSPS) is 23.6. The maximum atomic E-state index is 3.50. The van der Waals surface area contributed by atoms with Crippen LogP contribution in [0, 0.1) is 0 Å². The molecule has 1 heterocycles. The van der Waals surface area contributed by atoms with E-state index in [4.69, 9.17) is 0 Å². The highest BCUT2D eigenvalue weighted by molar-refractivity contribution is 9.10. The van der Waals surface area contributed by atoms with Gasteiger partial charge in [0.2, 0.25) is 0 Å². The van der Waals surface area contributed by atoms with Crippen LogP contribution < -0.4 is 10.2 Å². The highest BCUT2D eigenvalue weighted by atomic mass is 79.9. The number of hydrogen-bond donors (Lipinski definition) is 1. The van der Waals surface area contributed by atoms with E-state index in [0.29, 0.717) is 6.04 Å². The lowest BCUT2D eigenvalue weighted by atomic mass is 9.95. The van der Waals surface area contributed by atoms with Crippen LogP contribution in [0.2, 0.25) is 0 Å². The third-order valence-corrected chi connectivity index (χ3v) is 4.67. The lowest BCUT2D eigenvalue weighted by Gasteiger charge is -2.51. The number of likely N-dealkylation sites (N-methyl/N-ethyl adjacent to an activating group) is 2. The van der Waals surface area contributed by atoms with Gasteiger partial charge in [-0.25, -0.2) is 0 Å². The van der Waals surface area contributed by atoms with E-state index >= 15 is 0 Å². The molecule has 0 amide bonds. The molecular formula is C15H24BrN3. The molecular weight excluding hydrogens is 302 g/mol. The van der Waals surface area contributed by atoms with Gasteiger partial charge in [-0.3, -0.25) is 4.90 Å². The Kier molecular flexibility index (Phi) is 4.54. The number of piperazine rings is 1. The Morgan fingerprint density at radius 1 is 1.32 bits per heavy atom. The molecule has 0 aromatic heterocycles. The maximum absolute atomic E-state index is 3.50. The van der Waals surface area contributed by atoms with Crippen molar-refractivity contribution >= 4 is 21.6 Å². The predicted molar refractivity (Wildman–Crippen MR) is 85.9 cm³/mol. The number of benzene rings is 1. The van der Waals surface area contributed by atoms with Crippen molar-refractivity contribution in [3.8, 4) is 0 Å². The first kappa shape index (κ1) is 14.8. The summed E-state index contributed by atoms with van der Waals surface area (Å²) in [6.07, 6.45) is 0. The zero-order chi connectivity index (χ0) is 14.0. The Balaban J connectivity index is 2.20. The first-order valence-corrected chi connectivity index (χ1v) is 7.61. The summed E-state index contributed by atoms with van der Waals surface area (Å²) < 4.78 is 1.14. The SMILES string of the molecule is CNCC1CN(c2ccc(Br)cc2)CC(C)(C)N1C. The van der Waals surface area contributed by atoms with Gasteiger partial charge in [-0.2, -0.15) is 0 Å². The molecule has 2 rings (SSSR count). The first-order valence-electron chi connectivity index (χ1n) is 6.82. The molecule has 1 N–H and O–H groups in total. The molecule has 1 aromatic rings. The second-order valence-corrected chi connectivity index (χ2v) is 6.91. The van der Waals surface area contributed by atoms with Gasteiger partial charge in [-0.15, -0.1) is 0 Å². The quantitative estimate of drug-likeness (QED) is 0.921. The lowest BCUT2D eigenvalue weighted by molar-refractivity contribution is 0.0809. The molecule has 0 aliphatic carbocycles.